The summed E-state index contributed by atoms with van der Waals surface area (Å²) < 4.78 is 5.66. The Balaban J connectivity index is 0.952. The Hall–Kier alpha value is -5.28. The van der Waals surface area contributed by atoms with Gasteiger partial charge in [-0.1, -0.05) is 92.7 Å². The zero-order chi connectivity index (χ0) is 41.2. The second-order valence-electron chi connectivity index (χ2n) is 24.9. The second-order valence-corrected chi connectivity index (χ2v) is 24.9. The van der Waals surface area contributed by atoms with E-state index in [1.165, 1.54) is 153 Å². The highest BCUT2D eigenvalue weighted by Gasteiger charge is 2.78. The van der Waals surface area contributed by atoms with Crippen molar-refractivity contribution >= 4 is 50.5 Å². The molecule has 12 aliphatic rings. The fourth-order valence-electron chi connectivity index (χ4n) is 20.8. The van der Waals surface area contributed by atoms with Gasteiger partial charge in [0.05, 0.1) is 11.2 Å². The quantitative estimate of drug-likeness (QED) is 0.157. The van der Waals surface area contributed by atoms with E-state index >= 15 is 0 Å². The molecule has 0 amide bonds. The van der Waals surface area contributed by atoms with Crippen LogP contribution < -0.4 is 10.9 Å². The SMILES string of the molecule is CC1(C)c2ccccc2-c2c1c1cccc3c1n2-c1cc(-c2ccccc2)cc2c1B3n1c3ccc(C45CC6CC7CC(C4)C76C5)cc3c3cc(C45CC6CC7CC6(C4)C7C5)cc-2c31. The van der Waals surface area contributed by atoms with Crippen LogP contribution in [-0.2, 0) is 16.2 Å². The lowest BCUT2D eigenvalue weighted by Crippen LogP contribution is -2.59. The first-order chi connectivity index (χ1) is 31.3. The molecule has 4 heterocycles. The number of hydrogen-bond acceptors (Lipinski definition) is 0. The fraction of sp³-hybridized carbons (Fsp3) is 0.377. The highest BCUT2D eigenvalue weighted by atomic mass is 15.0. The van der Waals surface area contributed by atoms with Crippen LogP contribution in [0.15, 0.2) is 115 Å². The zero-order valence-electron chi connectivity index (χ0n) is 37.0. The summed E-state index contributed by atoms with van der Waals surface area (Å²) in [7, 11) is 0. The Labute approximate surface area is 375 Å². The average molecular weight is 823 g/mol. The van der Waals surface area contributed by atoms with Crippen LogP contribution in [0, 0.1) is 46.3 Å². The summed E-state index contributed by atoms with van der Waals surface area (Å²) in [6.45, 7) is 5.04. The molecule has 2 aliphatic heterocycles. The van der Waals surface area contributed by atoms with Crippen molar-refractivity contribution in [2.45, 2.75) is 94.3 Å². The molecule has 3 heteroatoms. The van der Waals surface area contributed by atoms with Crippen molar-refractivity contribution in [1.29, 1.82) is 0 Å². The predicted molar refractivity (Wildman–Crippen MR) is 260 cm³/mol. The van der Waals surface area contributed by atoms with E-state index in [1.54, 1.807) is 16.5 Å². The van der Waals surface area contributed by atoms with Gasteiger partial charge in [-0.05, 0) is 208 Å². The Morgan fingerprint density at radius 3 is 2.22 bits per heavy atom. The van der Waals surface area contributed by atoms with Crippen molar-refractivity contribution < 1.29 is 0 Å². The number of para-hydroxylation sites is 1. The minimum atomic E-state index is -0.104. The van der Waals surface area contributed by atoms with Gasteiger partial charge < -0.3 is 9.05 Å². The summed E-state index contributed by atoms with van der Waals surface area (Å²) in [4.78, 5) is 0. The predicted octanol–water partition coefficient (Wildman–Crippen LogP) is 12.8. The highest BCUT2D eigenvalue weighted by Crippen LogP contribution is 2.85. The van der Waals surface area contributed by atoms with Crippen LogP contribution in [0.4, 0.5) is 0 Å². The van der Waals surface area contributed by atoms with Crippen molar-refractivity contribution in [1.82, 2.24) is 9.05 Å². The van der Waals surface area contributed by atoms with Crippen LogP contribution >= 0.6 is 0 Å². The number of aromatic nitrogens is 2. The first-order valence-electron chi connectivity index (χ1n) is 25.4. The molecule has 0 N–H and O–H groups in total. The molecule has 6 aromatic carbocycles. The van der Waals surface area contributed by atoms with E-state index in [9.17, 15) is 0 Å². The maximum absolute atomic E-state index is 2.89. The van der Waals surface area contributed by atoms with E-state index < -0.39 is 0 Å². The van der Waals surface area contributed by atoms with Gasteiger partial charge >= 0.3 is 6.85 Å². The molecule has 7 atom stereocenters. The third-order valence-electron chi connectivity index (χ3n) is 22.8. The summed E-state index contributed by atoms with van der Waals surface area (Å²) in [5.74, 6) is 5.96. The lowest BCUT2D eigenvalue weighted by Gasteiger charge is -2.66. The first-order valence-corrected chi connectivity index (χ1v) is 25.4. The van der Waals surface area contributed by atoms with E-state index in [4.69, 9.17) is 0 Å². The van der Waals surface area contributed by atoms with E-state index in [0.717, 1.165) is 35.5 Å². The molecule has 2 nitrogen and oxygen atoms in total. The first kappa shape index (κ1) is 33.2. The molecule has 8 aromatic rings. The zero-order valence-corrected chi connectivity index (χ0v) is 37.0. The average Bonchev–Trinajstić information content (AvgIpc) is 4.18. The molecule has 2 spiro atoms. The summed E-state index contributed by atoms with van der Waals surface area (Å²) in [5.41, 5.74) is 25.4. The number of hydrogen-bond donors (Lipinski definition) is 0. The van der Waals surface area contributed by atoms with Crippen LogP contribution in [0.5, 0.6) is 0 Å². The summed E-state index contributed by atoms with van der Waals surface area (Å²) >= 11 is 0. The Bertz CT molecular complexity index is 3610. The second kappa shape index (κ2) is 9.79. The van der Waals surface area contributed by atoms with Gasteiger partial charge in [-0.15, -0.1) is 0 Å². The van der Waals surface area contributed by atoms with Gasteiger partial charge in [-0.3, -0.25) is 0 Å². The molecule has 308 valence electrons. The van der Waals surface area contributed by atoms with Gasteiger partial charge in [-0.2, -0.15) is 0 Å². The van der Waals surface area contributed by atoms with Crippen LogP contribution in [0.1, 0.15) is 100 Å². The monoisotopic (exact) mass is 822 g/mol. The molecule has 64 heavy (non-hydrogen) atoms. The molecular weight excluding hydrogens is 771 g/mol. The molecule has 7 unspecified atom stereocenters. The Kier molecular flexibility index (Phi) is 5.09. The molecule has 20 rings (SSSR count). The van der Waals surface area contributed by atoms with Crippen molar-refractivity contribution in [3.05, 3.63) is 138 Å². The minimum absolute atomic E-state index is 0.0912. The lowest BCUT2D eigenvalue weighted by atomic mass is 9.38. The molecule has 10 aliphatic carbocycles. The molecule has 5 bridgehead atoms. The number of nitrogens with zero attached hydrogens (tertiary/aromatic N) is 2. The van der Waals surface area contributed by atoms with Crippen molar-refractivity contribution in [3.8, 4) is 39.2 Å². The number of benzene rings is 6. The van der Waals surface area contributed by atoms with E-state index in [2.05, 4.69) is 138 Å². The standard InChI is InChI=1S/C61H51BN2/c1-57(2)47-13-7-6-11-41(47)56-52(57)42-12-8-14-49-55(42)63(56)51-19-33(32-9-4-3-5-10-32)18-44-46-24-36(59-26-38-17-34-25-60(38,30-59)48(34)29-59)23-45-43-22-35(15-16-50(43)64(54(45)46)62(49)53(44)51)58-27-39-20-37-21-40(28-58)61(37,39)31-58/h3-16,18-19,22-24,34,37-40,48H,17,20-21,25-31H2,1-2H3. The molecule has 9 fully saturated rings. The maximum atomic E-state index is 2.89. The van der Waals surface area contributed by atoms with Crippen LogP contribution in [0.25, 0.3) is 71.9 Å². The smallest absolute Gasteiger partial charge is 0.333 e. The van der Waals surface area contributed by atoms with Crippen LogP contribution in [0.2, 0.25) is 0 Å². The molecule has 2 aromatic heterocycles. The molecule has 9 saturated carbocycles. The van der Waals surface area contributed by atoms with Crippen molar-refractivity contribution in [2.24, 2.45) is 46.3 Å². The maximum Gasteiger partial charge on any atom is 0.333 e. The summed E-state index contributed by atoms with van der Waals surface area (Å²) in [6, 6.07) is 47.0. The van der Waals surface area contributed by atoms with E-state index in [0.29, 0.717) is 21.7 Å². The van der Waals surface area contributed by atoms with Gasteiger partial charge in [0.2, 0.25) is 0 Å². The van der Waals surface area contributed by atoms with Gasteiger partial charge in [-0.25, -0.2) is 0 Å². The Morgan fingerprint density at radius 2 is 1.39 bits per heavy atom. The highest BCUT2D eigenvalue weighted by molar-refractivity contribution is 6.90. The Morgan fingerprint density at radius 1 is 0.578 bits per heavy atom. The van der Waals surface area contributed by atoms with Gasteiger partial charge in [0.15, 0.2) is 0 Å². The largest absolute Gasteiger partial charge is 0.375 e. The molecule has 0 radical (unpaired) electrons. The lowest BCUT2D eigenvalue weighted by molar-refractivity contribution is -0.175. The van der Waals surface area contributed by atoms with Crippen LogP contribution in [0.3, 0.4) is 0 Å². The third-order valence-corrected chi connectivity index (χ3v) is 22.8. The van der Waals surface area contributed by atoms with Gasteiger partial charge in [0, 0.05) is 49.4 Å². The van der Waals surface area contributed by atoms with Crippen molar-refractivity contribution in [3.63, 3.8) is 0 Å². The van der Waals surface area contributed by atoms with E-state index in [1.807, 2.05) is 0 Å². The molecular formula is C61H51BN2. The summed E-state index contributed by atoms with van der Waals surface area (Å²) in [6.07, 6.45) is 14.7. The van der Waals surface area contributed by atoms with Gasteiger partial charge in [0.1, 0.15) is 0 Å². The van der Waals surface area contributed by atoms with Crippen LogP contribution in [-0.4, -0.2) is 15.9 Å². The topological polar surface area (TPSA) is 9.86 Å². The van der Waals surface area contributed by atoms with E-state index in [-0.39, 0.29) is 12.3 Å². The number of rotatable bonds is 3. The van der Waals surface area contributed by atoms with Crippen molar-refractivity contribution in [2.75, 3.05) is 0 Å². The number of fused-ring (bicyclic) bond motifs is 14. The molecule has 0 saturated heterocycles. The fourth-order valence-corrected chi connectivity index (χ4v) is 20.8. The normalized spacial score (nSPS) is 36.3. The minimum Gasteiger partial charge on any atom is -0.375 e. The summed E-state index contributed by atoms with van der Waals surface area (Å²) in [5, 5.41) is 4.51. The van der Waals surface area contributed by atoms with Gasteiger partial charge in [0.25, 0.3) is 0 Å². The third kappa shape index (κ3) is 3.17.